The highest BCUT2D eigenvalue weighted by Crippen LogP contribution is 2.26. The van der Waals surface area contributed by atoms with Crippen LogP contribution in [0.25, 0.3) is 0 Å². The zero-order valence-electron chi connectivity index (χ0n) is 12.0. The van der Waals surface area contributed by atoms with Crippen molar-refractivity contribution >= 4 is 50.5 Å². The van der Waals surface area contributed by atoms with E-state index in [1.54, 1.807) is 6.92 Å². The molecule has 0 spiro atoms. The van der Waals surface area contributed by atoms with Crippen LogP contribution in [-0.4, -0.2) is 16.9 Å². The van der Waals surface area contributed by atoms with Gasteiger partial charge in [0.25, 0.3) is 5.69 Å². The largest absolute Gasteiger partial charge is 0.374 e. The van der Waals surface area contributed by atoms with Crippen LogP contribution in [-0.2, 0) is 4.79 Å². The second-order valence-electron chi connectivity index (χ2n) is 4.78. The van der Waals surface area contributed by atoms with E-state index in [9.17, 15) is 14.9 Å². The van der Waals surface area contributed by atoms with Gasteiger partial charge in [-0.05, 0) is 37.3 Å². The van der Waals surface area contributed by atoms with Crippen LogP contribution in [0.1, 0.15) is 6.92 Å². The van der Waals surface area contributed by atoms with E-state index in [0.29, 0.717) is 5.69 Å². The number of nitro groups is 1. The highest BCUT2D eigenvalue weighted by atomic mass is 79.9. The van der Waals surface area contributed by atoms with E-state index in [0.717, 1.165) is 10.2 Å². The van der Waals surface area contributed by atoms with Gasteiger partial charge in [-0.2, -0.15) is 0 Å². The Balaban J connectivity index is 2.03. The number of benzene rings is 2. The Morgan fingerprint density at radius 3 is 2.48 bits per heavy atom. The number of carbonyl (C=O) groups is 1. The van der Waals surface area contributed by atoms with Crippen molar-refractivity contribution in [1.29, 1.82) is 0 Å². The second-order valence-corrected chi connectivity index (χ2v) is 6.11. The standard InChI is InChI=1S/C15H13BrClN3O3/c1-9(18-11-4-2-10(16)3-5-11)15(21)19-14-7-6-12(20(22)23)8-13(14)17/h2-9,18H,1H3,(H,19,21). The SMILES string of the molecule is CC(Nc1ccc(Br)cc1)C(=O)Nc1ccc([N+](=O)[O-])cc1Cl. The smallest absolute Gasteiger partial charge is 0.271 e. The molecule has 0 bridgehead atoms. The molecule has 1 atom stereocenters. The van der Waals surface area contributed by atoms with E-state index in [1.165, 1.54) is 18.2 Å². The molecule has 0 heterocycles. The number of rotatable bonds is 5. The van der Waals surface area contributed by atoms with E-state index in [4.69, 9.17) is 11.6 Å². The van der Waals surface area contributed by atoms with Gasteiger partial charge in [-0.3, -0.25) is 14.9 Å². The number of non-ortho nitro benzene ring substituents is 1. The van der Waals surface area contributed by atoms with Crippen molar-refractivity contribution in [3.05, 3.63) is 62.1 Å². The first-order valence-electron chi connectivity index (χ1n) is 6.63. The van der Waals surface area contributed by atoms with E-state index in [1.807, 2.05) is 24.3 Å². The van der Waals surface area contributed by atoms with E-state index < -0.39 is 11.0 Å². The molecule has 2 aromatic rings. The number of anilines is 2. The zero-order chi connectivity index (χ0) is 17.0. The molecule has 0 saturated carbocycles. The van der Waals surface area contributed by atoms with Gasteiger partial charge in [0.15, 0.2) is 0 Å². The van der Waals surface area contributed by atoms with Gasteiger partial charge in [-0.15, -0.1) is 0 Å². The first-order chi connectivity index (χ1) is 10.9. The van der Waals surface area contributed by atoms with Gasteiger partial charge in [-0.1, -0.05) is 27.5 Å². The quantitative estimate of drug-likeness (QED) is 0.575. The minimum absolute atomic E-state index is 0.114. The number of hydrogen-bond acceptors (Lipinski definition) is 4. The molecule has 8 heteroatoms. The maximum Gasteiger partial charge on any atom is 0.271 e. The number of hydrogen-bond donors (Lipinski definition) is 2. The van der Waals surface area contributed by atoms with Crippen molar-refractivity contribution in [3.63, 3.8) is 0 Å². The average Bonchev–Trinajstić information content (AvgIpc) is 2.51. The number of amides is 1. The summed E-state index contributed by atoms with van der Waals surface area (Å²) < 4.78 is 0.942. The van der Waals surface area contributed by atoms with Crippen molar-refractivity contribution in [2.45, 2.75) is 13.0 Å². The Morgan fingerprint density at radius 1 is 1.26 bits per heavy atom. The van der Waals surface area contributed by atoms with Crippen LogP contribution in [0.2, 0.25) is 5.02 Å². The first kappa shape index (κ1) is 17.2. The lowest BCUT2D eigenvalue weighted by Crippen LogP contribution is -2.31. The first-order valence-corrected chi connectivity index (χ1v) is 7.81. The van der Waals surface area contributed by atoms with Gasteiger partial charge in [-0.25, -0.2) is 0 Å². The molecule has 0 aromatic heterocycles. The van der Waals surface area contributed by atoms with Crippen LogP contribution in [0, 0.1) is 10.1 Å². The average molecular weight is 399 g/mol. The molecular weight excluding hydrogens is 386 g/mol. The fourth-order valence-electron chi connectivity index (χ4n) is 1.82. The third-order valence-electron chi connectivity index (χ3n) is 3.04. The Bertz CT molecular complexity index is 737. The monoisotopic (exact) mass is 397 g/mol. The van der Waals surface area contributed by atoms with Crippen molar-refractivity contribution in [2.24, 2.45) is 0 Å². The third kappa shape index (κ3) is 4.67. The lowest BCUT2D eigenvalue weighted by Gasteiger charge is -2.16. The van der Waals surface area contributed by atoms with Crippen molar-refractivity contribution in [2.75, 3.05) is 10.6 Å². The molecule has 1 unspecified atom stereocenters. The lowest BCUT2D eigenvalue weighted by atomic mass is 10.2. The Kier molecular flexibility index (Phi) is 5.57. The molecule has 0 fully saturated rings. The third-order valence-corrected chi connectivity index (χ3v) is 3.88. The molecule has 0 aliphatic heterocycles. The summed E-state index contributed by atoms with van der Waals surface area (Å²) in [6.07, 6.45) is 0. The molecular formula is C15H13BrClN3O3. The number of carbonyl (C=O) groups excluding carboxylic acids is 1. The zero-order valence-corrected chi connectivity index (χ0v) is 14.4. The van der Waals surface area contributed by atoms with Gasteiger partial charge >= 0.3 is 0 Å². The minimum atomic E-state index is -0.546. The highest BCUT2D eigenvalue weighted by molar-refractivity contribution is 9.10. The summed E-state index contributed by atoms with van der Waals surface area (Å²) in [6.45, 7) is 1.71. The van der Waals surface area contributed by atoms with Crippen molar-refractivity contribution < 1.29 is 9.72 Å². The summed E-state index contributed by atoms with van der Waals surface area (Å²) in [5, 5.41) is 16.5. The highest BCUT2D eigenvalue weighted by Gasteiger charge is 2.16. The molecule has 2 rings (SSSR count). The van der Waals surface area contributed by atoms with E-state index in [-0.39, 0.29) is 16.6 Å². The second kappa shape index (κ2) is 7.43. The van der Waals surface area contributed by atoms with Crippen molar-refractivity contribution in [3.8, 4) is 0 Å². The van der Waals surface area contributed by atoms with Crippen LogP contribution in [0.3, 0.4) is 0 Å². The summed E-state index contributed by atoms with van der Waals surface area (Å²) >= 11 is 9.29. The van der Waals surface area contributed by atoms with E-state index >= 15 is 0 Å². The molecule has 2 aromatic carbocycles. The molecule has 2 N–H and O–H groups in total. The fourth-order valence-corrected chi connectivity index (χ4v) is 2.31. The molecule has 23 heavy (non-hydrogen) atoms. The van der Waals surface area contributed by atoms with Crippen molar-refractivity contribution in [1.82, 2.24) is 0 Å². The lowest BCUT2D eigenvalue weighted by molar-refractivity contribution is -0.384. The predicted octanol–water partition coefficient (Wildman–Crippen LogP) is 4.45. The van der Waals surface area contributed by atoms with Crippen LogP contribution >= 0.6 is 27.5 Å². The Hall–Kier alpha value is -2.12. The molecule has 1 amide bonds. The molecule has 120 valence electrons. The molecule has 0 aliphatic rings. The summed E-state index contributed by atoms with van der Waals surface area (Å²) in [7, 11) is 0. The summed E-state index contributed by atoms with van der Waals surface area (Å²) in [5.41, 5.74) is 0.992. The van der Waals surface area contributed by atoms with Gasteiger partial charge in [0.2, 0.25) is 5.91 Å². The normalized spacial score (nSPS) is 11.6. The fraction of sp³-hybridized carbons (Fsp3) is 0.133. The predicted molar refractivity (Wildman–Crippen MR) is 94.0 cm³/mol. The minimum Gasteiger partial charge on any atom is -0.374 e. The summed E-state index contributed by atoms with van der Waals surface area (Å²) in [6, 6.07) is 10.8. The van der Waals surface area contributed by atoms with Crippen LogP contribution in [0.15, 0.2) is 46.9 Å². The molecule has 0 saturated heterocycles. The number of nitro benzene ring substituents is 1. The number of nitrogens with one attached hydrogen (secondary N) is 2. The summed E-state index contributed by atoms with van der Waals surface area (Å²) in [4.78, 5) is 22.3. The Labute approximate surface area is 146 Å². The maximum absolute atomic E-state index is 12.2. The molecule has 0 radical (unpaired) electrons. The maximum atomic E-state index is 12.2. The van der Waals surface area contributed by atoms with Gasteiger partial charge < -0.3 is 10.6 Å². The van der Waals surface area contributed by atoms with Gasteiger partial charge in [0, 0.05) is 22.3 Å². The van der Waals surface area contributed by atoms with Gasteiger partial charge in [0.1, 0.15) is 6.04 Å². The topological polar surface area (TPSA) is 84.3 Å². The van der Waals surface area contributed by atoms with Crippen LogP contribution < -0.4 is 10.6 Å². The van der Waals surface area contributed by atoms with E-state index in [2.05, 4.69) is 26.6 Å². The molecule has 0 aliphatic carbocycles. The Morgan fingerprint density at radius 2 is 1.91 bits per heavy atom. The molecule has 6 nitrogen and oxygen atoms in total. The summed E-state index contributed by atoms with van der Waals surface area (Å²) in [5.74, 6) is -0.302. The van der Waals surface area contributed by atoms with Crippen LogP contribution in [0.5, 0.6) is 0 Å². The van der Waals surface area contributed by atoms with Crippen LogP contribution in [0.4, 0.5) is 17.1 Å². The number of nitrogens with zero attached hydrogens (tertiary/aromatic N) is 1. The number of halogens is 2. The van der Waals surface area contributed by atoms with Gasteiger partial charge in [0.05, 0.1) is 15.6 Å².